The number of likely N-dealkylation sites (tertiary alicyclic amines) is 1. The van der Waals surface area contributed by atoms with Crippen LogP contribution < -0.4 is 16.0 Å². The Morgan fingerprint density at radius 1 is 1.05 bits per heavy atom. The maximum Gasteiger partial charge on any atom is 0.413 e. The number of rotatable bonds is 5. The van der Waals surface area contributed by atoms with E-state index in [9.17, 15) is 27.6 Å². The van der Waals surface area contributed by atoms with Crippen LogP contribution in [0.3, 0.4) is 0 Å². The summed E-state index contributed by atoms with van der Waals surface area (Å²) in [6.45, 7) is 8.10. The van der Waals surface area contributed by atoms with Crippen LogP contribution in [0.25, 0.3) is 0 Å². The lowest BCUT2D eigenvalue weighted by Crippen LogP contribution is -2.46. The number of hydrogen-bond donors (Lipinski definition) is 3. The van der Waals surface area contributed by atoms with E-state index < -0.39 is 42.3 Å². The molecule has 0 bridgehead atoms. The molecule has 1 aromatic carbocycles. The first-order valence-corrected chi connectivity index (χ1v) is 12.6. The maximum atomic E-state index is 13.2. The summed E-state index contributed by atoms with van der Waals surface area (Å²) >= 11 is 0. The predicted molar refractivity (Wildman–Crippen MR) is 141 cm³/mol. The second-order valence-electron chi connectivity index (χ2n) is 10.7. The molecular formula is C27H34F3N5O4. The number of amides is 3. The first-order chi connectivity index (χ1) is 18.1. The van der Waals surface area contributed by atoms with Gasteiger partial charge in [-0.15, -0.1) is 0 Å². The minimum atomic E-state index is -4.34. The van der Waals surface area contributed by atoms with Gasteiger partial charge < -0.3 is 20.3 Å². The molecule has 1 fully saturated rings. The third-order valence-electron chi connectivity index (χ3n) is 6.02. The van der Waals surface area contributed by atoms with Gasteiger partial charge in [0.2, 0.25) is 0 Å². The third-order valence-corrected chi connectivity index (χ3v) is 6.02. The quantitative estimate of drug-likeness (QED) is 0.416. The number of carbonyl (C=O) groups is 3. The van der Waals surface area contributed by atoms with Crippen LogP contribution in [0.15, 0.2) is 36.5 Å². The summed E-state index contributed by atoms with van der Waals surface area (Å²) in [5.41, 5.74) is 1.19. The van der Waals surface area contributed by atoms with Crippen molar-refractivity contribution in [2.24, 2.45) is 5.92 Å². The highest BCUT2D eigenvalue weighted by atomic mass is 19.4. The number of aryl methyl sites for hydroxylation is 1. The number of benzene rings is 1. The fourth-order valence-corrected chi connectivity index (χ4v) is 4.24. The lowest BCUT2D eigenvalue weighted by molar-refractivity contribution is -0.146. The van der Waals surface area contributed by atoms with Crippen LogP contribution >= 0.6 is 0 Å². The smallest absolute Gasteiger partial charge is 0.413 e. The normalized spacial score (nSPS) is 17.8. The average Bonchev–Trinajstić information content (AvgIpc) is 2.82. The van der Waals surface area contributed by atoms with Crippen LogP contribution in [0.5, 0.6) is 0 Å². The van der Waals surface area contributed by atoms with Gasteiger partial charge in [0.1, 0.15) is 18.0 Å². The van der Waals surface area contributed by atoms with E-state index in [4.69, 9.17) is 4.74 Å². The summed E-state index contributed by atoms with van der Waals surface area (Å²) in [4.78, 5) is 43.8. The summed E-state index contributed by atoms with van der Waals surface area (Å²) in [6, 6.07) is 7.58. The van der Waals surface area contributed by atoms with Gasteiger partial charge in [0.25, 0.3) is 0 Å². The van der Waals surface area contributed by atoms with Crippen molar-refractivity contribution in [2.75, 3.05) is 29.0 Å². The highest BCUT2D eigenvalue weighted by Crippen LogP contribution is 2.34. The molecule has 0 saturated carbocycles. The molecule has 0 radical (unpaired) electrons. The Hall–Kier alpha value is -3.83. The van der Waals surface area contributed by atoms with Crippen molar-refractivity contribution < 1.29 is 32.3 Å². The lowest BCUT2D eigenvalue weighted by atomic mass is 9.89. The molecule has 2 heterocycles. The van der Waals surface area contributed by atoms with E-state index in [0.717, 1.165) is 12.0 Å². The van der Waals surface area contributed by atoms with Gasteiger partial charge in [0.15, 0.2) is 0 Å². The zero-order valence-corrected chi connectivity index (χ0v) is 22.6. The summed E-state index contributed by atoms with van der Waals surface area (Å²) in [5, 5.41) is 7.45. The van der Waals surface area contributed by atoms with Gasteiger partial charge in [-0.2, -0.15) is 13.2 Å². The average molecular weight is 550 g/mol. The number of piperidine rings is 1. The molecule has 0 aliphatic carbocycles. The first kappa shape index (κ1) is 29.7. The largest absolute Gasteiger partial charge is 0.444 e. The molecule has 1 saturated heterocycles. The van der Waals surface area contributed by atoms with E-state index in [1.54, 1.807) is 45.9 Å². The molecule has 1 aliphatic heterocycles. The minimum Gasteiger partial charge on any atom is -0.444 e. The van der Waals surface area contributed by atoms with Crippen molar-refractivity contribution in [2.45, 2.75) is 65.3 Å². The number of ether oxygens (including phenoxy) is 1. The van der Waals surface area contributed by atoms with Crippen LogP contribution in [0.2, 0.25) is 0 Å². The lowest BCUT2D eigenvalue weighted by Gasteiger charge is -2.38. The van der Waals surface area contributed by atoms with Crippen LogP contribution in [-0.4, -0.2) is 52.7 Å². The molecule has 2 atom stereocenters. The summed E-state index contributed by atoms with van der Waals surface area (Å²) in [7, 11) is 0. The third kappa shape index (κ3) is 8.86. The molecule has 39 heavy (non-hydrogen) atoms. The monoisotopic (exact) mass is 549 g/mol. The van der Waals surface area contributed by atoms with Crippen molar-refractivity contribution in [1.82, 2.24) is 9.88 Å². The van der Waals surface area contributed by atoms with Gasteiger partial charge in [0.05, 0.1) is 17.9 Å². The molecule has 3 rings (SSSR count). The Balaban J connectivity index is 1.68. The van der Waals surface area contributed by atoms with Crippen LogP contribution in [0.4, 0.5) is 35.2 Å². The summed E-state index contributed by atoms with van der Waals surface area (Å²) in [5.74, 6) is -1.13. The van der Waals surface area contributed by atoms with E-state index in [0.29, 0.717) is 24.2 Å². The molecule has 9 nitrogen and oxygen atoms in total. The van der Waals surface area contributed by atoms with Crippen molar-refractivity contribution >= 4 is 35.1 Å². The molecule has 12 heteroatoms. The summed E-state index contributed by atoms with van der Waals surface area (Å²) < 4.78 is 42.7. The van der Waals surface area contributed by atoms with Gasteiger partial charge in [-0.25, -0.2) is 9.78 Å². The Bertz CT molecular complexity index is 1200. The van der Waals surface area contributed by atoms with Gasteiger partial charge in [-0.3, -0.25) is 14.9 Å². The second-order valence-corrected chi connectivity index (χ2v) is 10.7. The number of aromatic nitrogens is 1. The van der Waals surface area contributed by atoms with E-state index in [1.807, 2.05) is 6.92 Å². The van der Waals surface area contributed by atoms with Gasteiger partial charge in [-0.1, -0.05) is 19.1 Å². The number of anilines is 3. The Kier molecular flexibility index (Phi) is 9.08. The fourth-order valence-electron chi connectivity index (χ4n) is 4.24. The van der Waals surface area contributed by atoms with Crippen molar-refractivity contribution in [1.29, 1.82) is 0 Å². The predicted octanol–water partition coefficient (Wildman–Crippen LogP) is 5.65. The zero-order valence-electron chi connectivity index (χ0n) is 22.6. The Morgan fingerprint density at radius 3 is 2.31 bits per heavy atom. The topological polar surface area (TPSA) is 113 Å². The van der Waals surface area contributed by atoms with Crippen molar-refractivity contribution in [3.63, 3.8) is 0 Å². The van der Waals surface area contributed by atoms with E-state index in [-0.39, 0.29) is 17.4 Å². The number of pyridine rings is 1. The molecule has 0 unspecified atom stereocenters. The molecule has 3 N–H and O–H groups in total. The Labute approximate surface area is 225 Å². The molecule has 1 aromatic heterocycles. The van der Waals surface area contributed by atoms with Crippen molar-refractivity contribution in [3.05, 3.63) is 47.7 Å². The SMILES string of the molecule is Cc1cc(NC(=O)C(=O)N2C[C@@H](C)CC[C@@H]2c2ccc(NCC(F)(F)F)cc2)cnc1NC(=O)OC(C)(C)C. The molecule has 0 spiro atoms. The maximum absolute atomic E-state index is 13.2. The first-order valence-electron chi connectivity index (χ1n) is 12.6. The van der Waals surface area contributed by atoms with E-state index >= 15 is 0 Å². The summed E-state index contributed by atoms with van der Waals surface area (Å²) in [6.07, 6.45) is -2.23. The molecule has 1 aliphatic rings. The number of nitrogens with zero attached hydrogens (tertiary/aromatic N) is 2. The van der Waals surface area contributed by atoms with Crippen LogP contribution in [0.1, 0.15) is 57.7 Å². The molecule has 2 aromatic rings. The van der Waals surface area contributed by atoms with Crippen LogP contribution in [-0.2, 0) is 14.3 Å². The number of halogens is 3. The van der Waals surface area contributed by atoms with Gasteiger partial charge >= 0.3 is 24.1 Å². The Morgan fingerprint density at radius 2 is 1.72 bits per heavy atom. The van der Waals surface area contributed by atoms with Crippen LogP contribution in [0, 0.1) is 12.8 Å². The van der Waals surface area contributed by atoms with Gasteiger partial charge in [0, 0.05) is 12.2 Å². The number of carbonyl (C=O) groups excluding carboxylic acids is 3. The number of alkyl halides is 3. The zero-order chi connectivity index (χ0) is 29.0. The molecule has 212 valence electrons. The molecular weight excluding hydrogens is 515 g/mol. The molecule has 3 amide bonds. The number of nitrogens with one attached hydrogen (secondary N) is 3. The second kappa shape index (κ2) is 11.9. The number of hydrogen-bond acceptors (Lipinski definition) is 6. The standard InChI is InChI=1S/C27H34F3N5O4/c1-16-6-11-21(18-7-9-19(10-8-18)32-15-27(28,29)30)35(14-16)24(37)23(36)33-20-12-17(2)22(31-13-20)34-25(38)39-26(3,4)5/h7-10,12-13,16,21,32H,6,11,14-15H2,1-5H3,(H,33,36)(H,31,34,38)/t16-,21+/m0/s1. The van der Waals surface area contributed by atoms with E-state index in [2.05, 4.69) is 20.9 Å². The minimum absolute atomic E-state index is 0.174. The highest BCUT2D eigenvalue weighted by molar-refractivity contribution is 6.39. The van der Waals surface area contributed by atoms with Gasteiger partial charge in [-0.05, 0) is 75.8 Å². The van der Waals surface area contributed by atoms with Crippen molar-refractivity contribution in [3.8, 4) is 0 Å². The van der Waals surface area contributed by atoms with E-state index in [1.165, 1.54) is 23.2 Å². The fraction of sp³-hybridized carbons (Fsp3) is 0.481. The highest BCUT2D eigenvalue weighted by Gasteiger charge is 2.34.